The van der Waals surface area contributed by atoms with Gasteiger partial charge in [0.15, 0.2) is 0 Å². The van der Waals surface area contributed by atoms with Crippen LogP contribution >= 0.6 is 0 Å². The van der Waals surface area contributed by atoms with Crippen LogP contribution in [0.25, 0.3) is 22.2 Å². The minimum atomic E-state index is 0.476. The topological polar surface area (TPSA) is 69.1 Å². The standard InChI is InChI=1S/C27H30N4O3/c1-19(5-10-26(28-2)33-4)15-21-16-20(6-9-25(21)32-3)27-23-8-7-22(17-24(23)29-18-30-27)31-11-13-34-14-12-31/h5-10,16-18H,2,11-15H2,1,3-4H3/b19-5+,26-10+. The molecule has 0 radical (unpaired) electrons. The molecule has 1 saturated heterocycles. The zero-order chi connectivity index (χ0) is 23.9. The number of fused-ring (bicyclic) bond motifs is 1. The van der Waals surface area contributed by atoms with Gasteiger partial charge in [-0.3, -0.25) is 0 Å². The third-order valence-electron chi connectivity index (χ3n) is 5.89. The second-order valence-corrected chi connectivity index (χ2v) is 8.11. The van der Waals surface area contributed by atoms with Crippen LogP contribution in [0.4, 0.5) is 5.69 Å². The molecule has 0 spiro atoms. The van der Waals surface area contributed by atoms with E-state index in [2.05, 4.69) is 57.8 Å². The summed E-state index contributed by atoms with van der Waals surface area (Å²) in [6.07, 6.45) is 6.14. The van der Waals surface area contributed by atoms with Gasteiger partial charge in [-0.25, -0.2) is 15.0 Å². The number of aliphatic imine (C=N–C) groups is 1. The molecule has 0 unspecified atom stereocenters. The molecule has 7 heteroatoms. The maximum atomic E-state index is 5.63. The zero-order valence-electron chi connectivity index (χ0n) is 20.0. The van der Waals surface area contributed by atoms with Gasteiger partial charge in [0.2, 0.25) is 5.88 Å². The van der Waals surface area contributed by atoms with Crippen molar-refractivity contribution in [2.24, 2.45) is 4.99 Å². The van der Waals surface area contributed by atoms with Gasteiger partial charge in [0.25, 0.3) is 0 Å². The molecule has 1 fully saturated rings. The van der Waals surface area contributed by atoms with Crippen LogP contribution in [0, 0.1) is 0 Å². The fraction of sp³-hybridized carbons (Fsp3) is 0.296. The van der Waals surface area contributed by atoms with Crippen LogP contribution in [-0.4, -0.2) is 57.2 Å². The summed E-state index contributed by atoms with van der Waals surface area (Å²) >= 11 is 0. The number of allylic oxidation sites excluding steroid dienone is 3. The number of hydrogen-bond donors (Lipinski definition) is 0. The number of methoxy groups -OCH3 is 2. The first-order valence-corrected chi connectivity index (χ1v) is 11.3. The van der Waals surface area contributed by atoms with Gasteiger partial charge in [-0.05, 0) is 62.0 Å². The van der Waals surface area contributed by atoms with Crippen molar-refractivity contribution in [2.75, 3.05) is 45.4 Å². The Morgan fingerprint density at radius 2 is 1.94 bits per heavy atom. The average molecular weight is 459 g/mol. The van der Waals surface area contributed by atoms with Gasteiger partial charge >= 0.3 is 0 Å². The summed E-state index contributed by atoms with van der Waals surface area (Å²) in [6, 6.07) is 12.6. The lowest BCUT2D eigenvalue weighted by molar-refractivity contribution is 0.122. The highest BCUT2D eigenvalue weighted by Crippen LogP contribution is 2.32. The summed E-state index contributed by atoms with van der Waals surface area (Å²) in [5.41, 5.74) is 6.23. The first-order chi connectivity index (χ1) is 16.6. The highest BCUT2D eigenvalue weighted by Gasteiger charge is 2.14. The van der Waals surface area contributed by atoms with E-state index in [1.54, 1.807) is 20.5 Å². The minimum Gasteiger partial charge on any atom is -0.496 e. The van der Waals surface area contributed by atoms with Crippen molar-refractivity contribution in [3.8, 4) is 17.0 Å². The van der Waals surface area contributed by atoms with E-state index in [-0.39, 0.29) is 0 Å². The predicted molar refractivity (Wildman–Crippen MR) is 137 cm³/mol. The van der Waals surface area contributed by atoms with Crippen molar-refractivity contribution in [1.29, 1.82) is 0 Å². The van der Waals surface area contributed by atoms with Crippen molar-refractivity contribution >= 4 is 23.3 Å². The third kappa shape index (κ3) is 5.26. The van der Waals surface area contributed by atoms with Gasteiger partial charge < -0.3 is 19.1 Å². The molecule has 7 nitrogen and oxygen atoms in total. The molecule has 1 aliphatic heterocycles. The fourth-order valence-electron chi connectivity index (χ4n) is 4.12. The molecule has 1 aliphatic rings. The van der Waals surface area contributed by atoms with E-state index in [0.29, 0.717) is 12.3 Å². The first-order valence-electron chi connectivity index (χ1n) is 11.3. The molecule has 0 aliphatic carbocycles. The van der Waals surface area contributed by atoms with Crippen LogP contribution in [0.5, 0.6) is 5.75 Å². The Hall–Kier alpha value is -3.71. The highest BCUT2D eigenvalue weighted by atomic mass is 16.5. The Morgan fingerprint density at radius 1 is 1.12 bits per heavy atom. The summed E-state index contributed by atoms with van der Waals surface area (Å²) in [5.74, 6) is 1.31. The number of hydrogen-bond acceptors (Lipinski definition) is 7. The van der Waals surface area contributed by atoms with Crippen LogP contribution in [-0.2, 0) is 15.9 Å². The number of benzene rings is 2. The largest absolute Gasteiger partial charge is 0.496 e. The van der Waals surface area contributed by atoms with Crippen LogP contribution < -0.4 is 9.64 Å². The van der Waals surface area contributed by atoms with E-state index >= 15 is 0 Å². The molecule has 1 aromatic heterocycles. The summed E-state index contributed by atoms with van der Waals surface area (Å²) in [6.45, 7) is 8.86. The Morgan fingerprint density at radius 3 is 2.68 bits per heavy atom. The Labute approximate surface area is 200 Å². The van der Waals surface area contributed by atoms with Crippen molar-refractivity contribution in [2.45, 2.75) is 13.3 Å². The first kappa shape index (κ1) is 23.4. The summed E-state index contributed by atoms with van der Waals surface area (Å²) in [4.78, 5) is 15.3. The minimum absolute atomic E-state index is 0.476. The Bertz CT molecular complexity index is 1230. The van der Waals surface area contributed by atoms with Crippen molar-refractivity contribution in [1.82, 2.24) is 9.97 Å². The molecule has 0 amide bonds. The molecular weight excluding hydrogens is 428 g/mol. The quantitative estimate of drug-likeness (QED) is 0.274. The molecule has 176 valence electrons. The van der Waals surface area contributed by atoms with Gasteiger partial charge in [-0.15, -0.1) is 0 Å². The normalized spacial score (nSPS) is 14.9. The number of nitrogens with zero attached hydrogens (tertiary/aromatic N) is 4. The van der Waals surface area contributed by atoms with Gasteiger partial charge in [0, 0.05) is 35.8 Å². The monoisotopic (exact) mass is 458 g/mol. The van der Waals surface area contributed by atoms with Crippen molar-refractivity contribution in [3.05, 3.63) is 71.9 Å². The van der Waals surface area contributed by atoms with Gasteiger partial charge in [-0.2, -0.15) is 0 Å². The second kappa shape index (κ2) is 10.9. The summed E-state index contributed by atoms with van der Waals surface area (Å²) in [5, 5.41) is 1.02. The molecule has 4 rings (SSSR count). The molecule has 0 bridgehead atoms. The van der Waals surface area contributed by atoms with Crippen molar-refractivity contribution < 1.29 is 14.2 Å². The number of ether oxygens (including phenoxy) is 3. The van der Waals surface area contributed by atoms with E-state index in [9.17, 15) is 0 Å². The summed E-state index contributed by atoms with van der Waals surface area (Å²) < 4.78 is 16.3. The Kier molecular flexibility index (Phi) is 7.54. The number of rotatable bonds is 8. The molecule has 2 aromatic carbocycles. The predicted octanol–water partition coefficient (Wildman–Crippen LogP) is 4.82. The molecule has 2 heterocycles. The van der Waals surface area contributed by atoms with Crippen LogP contribution in [0.1, 0.15) is 12.5 Å². The third-order valence-corrected chi connectivity index (χ3v) is 5.89. The zero-order valence-corrected chi connectivity index (χ0v) is 20.0. The van der Waals surface area contributed by atoms with Gasteiger partial charge in [-0.1, -0.05) is 11.6 Å². The molecule has 3 aromatic rings. The van der Waals surface area contributed by atoms with Crippen LogP contribution in [0.15, 0.2) is 71.3 Å². The van der Waals surface area contributed by atoms with Gasteiger partial charge in [0.1, 0.15) is 12.1 Å². The van der Waals surface area contributed by atoms with Gasteiger partial charge in [0.05, 0.1) is 38.6 Å². The molecule has 34 heavy (non-hydrogen) atoms. The lowest BCUT2D eigenvalue weighted by atomic mass is 9.99. The number of aromatic nitrogens is 2. The molecule has 0 N–H and O–H groups in total. The number of anilines is 1. The van der Waals surface area contributed by atoms with E-state index in [1.165, 1.54) is 0 Å². The van der Waals surface area contributed by atoms with E-state index in [0.717, 1.165) is 71.0 Å². The Balaban J connectivity index is 1.67. The smallest absolute Gasteiger partial charge is 0.212 e. The van der Waals surface area contributed by atoms with Crippen molar-refractivity contribution in [3.63, 3.8) is 0 Å². The maximum Gasteiger partial charge on any atom is 0.212 e. The summed E-state index contributed by atoms with van der Waals surface area (Å²) in [7, 11) is 3.27. The fourth-order valence-corrected chi connectivity index (χ4v) is 4.12. The molecular formula is C27H30N4O3. The molecule has 0 atom stereocenters. The van der Waals surface area contributed by atoms with Crippen LogP contribution in [0.2, 0.25) is 0 Å². The van der Waals surface area contributed by atoms with E-state index in [4.69, 9.17) is 14.2 Å². The SMILES string of the molecule is C=N/C(=C\C=C(/C)Cc1cc(-c2ncnc3cc(N4CCOCC4)ccc23)ccc1OC)OC. The van der Waals surface area contributed by atoms with E-state index < -0.39 is 0 Å². The lowest BCUT2D eigenvalue weighted by Crippen LogP contribution is -2.36. The van der Waals surface area contributed by atoms with Crippen LogP contribution in [0.3, 0.4) is 0 Å². The molecule has 0 saturated carbocycles. The second-order valence-electron chi connectivity index (χ2n) is 8.11. The maximum absolute atomic E-state index is 5.63. The average Bonchev–Trinajstić information content (AvgIpc) is 2.89. The lowest BCUT2D eigenvalue weighted by Gasteiger charge is -2.29. The van der Waals surface area contributed by atoms with E-state index in [1.807, 2.05) is 24.3 Å². The number of morpholine rings is 1. The highest BCUT2D eigenvalue weighted by molar-refractivity contribution is 5.94.